The van der Waals surface area contributed by atoms with Crippen molar-refractivity contribution < 1.29 is 4.21 Å². The van der Waals surface area contributed by atoms with E-state index in [9.17, 15) is 4.21 Å². The normalized spacial score (nSPS) is 22.4. The first kappa shape index (κ1) is 12.2. The van der Waals surface area contributed by atoms with E-state index in [0.29, 0.717) is 11.3 Å². The molecule has 84 valence electrons. The predicted molar refractivity (Wildman–Crippen MR) is 63.0 cm³/mol. The lowest BCUT2D eigenvalue weighted by molar-refractivity contribution is 0.551. The maximum atomic E-state index is 11.8. The molecule has 0 aliphatic heterocycles. The molecule has 1 aliphatic carbocycles. The Kier molecular flexibility index (Phi) is 5.71. The van der Waals surface area contributed by atoms with E-state index >= 15 is 0 Å². The van der Waals surface area contributed by atoms with Crippen molar-refractivity contribution >= 4 is 10.8 Å². The van der Waals surface area contributed by atoms with Crippen LogP contribution in [0.15, 0.2) is 0 Å². The molecule has 2 nitrogen and oxygen atoms in total. The third-order valence-corrected chi connectivity index (χ3v) is 4.83. The van der Waals surface area contributed by atoms with Crippen molar-refractivity contribution in [3.63, 3.8) is 0 Å². The highest BCUT2D eigenvalue weighted by Crippen LogP contribution is 2.23. The van der Waals surface area contributed by atoms with Crippen LogP contribution in [-0.4, -0.2) is 27.8 Å². The average molecular weight is 217 g/mol. The second-order valence-electron chi connectivity index (χ2n) is 4.24. The first-order chi connectivity index (χ1) is 6.74. The summed E-state index contributed by atoms with van der Waals surface area (Å²) in [5, 5.41) is 3.87. The Morgan fingerprint density at radius 3 is 2.64 bits per heavy atom. The van der Waals surface area contributed by atoms with Crippen molar-refractivity contribution in [2.45, 2.75) is 57.2 Å². The van der Waals surface area contributed by atoms with E-state index in [4.69, 9.17) is 0 Å². The van der Waals surface area contributed by atoms with E-state index in [1.54, 1.807) is 0 Å². The fourth-order valence-corrected chi connectivity index (χ4v) is 3.84. The summed E-state index contributed by atoms with van der Waals surface area (Å²) in [6, 6.07) is 0.519. The molecule has 1 aliphatic rings. The van der Waals surface area contributed by atoms with Crippen LogP contribution in [0.1, 0.15) is 46.0 Å². The summed E-state index contributed by atoms with van der Waals surface area (Å²) in [7, 11) is -0.560. The fourth-order valence-electron chi connectivity index (χ4n) is 2.06. The molecule has 0 aromatic heterocycles. The molecule has 2 unspecified atom stereocenters. The molecule has 0 aromatic carbocycles. The lowest BCUT2D eigenvalue weighted by Gasteiger charge is -2.13. The van der Waals surface area contributed by atoms with Crippen molar-refractivity contribution in [2.24, 2.45) is 0 Å². The first-order valence-electron chi connectivity index (χ1n) is 5.84. The highest BCUT2D eigenvalue weighted by atomic mass is 32.2. The topological polar surface area (TPSA) is 29.1 Å². The van der Waals surface area contributed by atoms with Crippen molar-refractivity contribution in [1.29, 1.82) is 0 Å². The smallest absolute Gasteiger partial charge is 0.0348 e. The van der Waals surface area contributed by atoms with Crippen LogP contribution in [0.5, 0.6) is 0 Å². The first-order valence-corrected chi connectivity index (χ1v) is 7.22. The summed E-state index contributed by atoms with van der Waals surface area (Å²) in [5.41, 5.74) is 0. The molecule has 1 fully saturated rings. The van der Waals surface area contributed by atoms with E-state index < -0.39 is 10.8 Å². The van der Waals surface area contributed by atoms with Gasteiger partial charge in [0.1, 0.15) is 0 Å². The minimum absolute atomic E-state index is 0.517. The zero-order valence-electron chi connectivity index (χ0n) is 9.42. The summed E-state index contributed by atoms with van der Waals surface area (Å²) < 4.78 is 11.8. The van der Waals surface area contributed by atoms with Gasteiger partial charge in [0.25, 0.3) is 0 Å². The quantitative estimate of drug-likeness (QED) is 0.738. The van der Waals surface area contributed by atoms with Gasteiger partial charge in [-0.2, -0.15) is 0 Å². The number of nitrogens with one attached hydrogen (secondary N) is 1. The Labute approximate surface area is 90.3 Å². The monoisotopic (exact) mass is 217 g/mol. The molecule has 0 radical (unpaired) electrons. The Bertz CT molecular complexity index is 178. The third-order valence-electron chi connectivity index (χ3n) is 2.98. The summed E-state index contributed by atoms with van der Waals surface area (Å²) >= 11 is 0. The minimum atomic E-state index is -0.560. The SMILES string of the molecule is CCNC(C)CCS(=O)C1CCCC1. The van der Waals surface area contributed by atoms with Gasteiger partial charge in [-0.1, -0.05) is 19.8 Å². The van der Waals surface area contributed by atoms with Gasteiger partial charge in [-0.25, -0.2) is 0 Å². The lowest BCUT2D eigenvalue weighted by atomic mass is 10.3. The second-order valence-corrected chi connectivity index (χ2v) is 6.08. The number of hydrogen-bond acceptors (Lipinski definition) is 2. The maximum absolute atomic E-state index is 11.8. The predicted octanol–water partition coefficient (Wildman–Crippen LogP) is 2.07. The Balaban J connectivity index is 2.13. The summed E-state index contributed by atoms with van der Waals surface area (Å²) in [6.07, 6.45) is 6.03. The van der Waals surface area contributed by atoms with Crippen molar-refractivity contribution in [3.05, 3.63) is 0 Å². The maximum Gasteiger partial charge on any atom is 0.0348 e. The van der Waals surface area contributed by atoms with E-state index in [2.05, 4.69) is 19.2 Å². The fraction of sp³-hybridized carbons (Fsp3) is 1.00. The molecule has 1 N–H and O–H groups in total. The standard InChI is InChI=1S/C11H23NOS/c1-3-12-10(2)8-9-14(13)11-6-4-5-7-11/h10-12H,3-9H2,1-2H3. The van der Waals surface area contributed by atoms with Gasteiger partial charge in [-0.3, -0.25) is 4.21 Å². The van der Waals surface area contributed by atoms with Gasteiger partial charge in [-0.15, -0.1) is 0 Å². The van der Waals surface area contributed by atoms with Gasteiger partial charge in [0.2, 0.25) is 0 Å². The van der Waals surface area contributed by atoms with Gasteiger partial charge >= 0.3 is 0 Å². The molecule has 0 bridgehead atoms. The molecule has 0 amide bonds. The van der Waals surface area contributed by atoms with Crippen LogP contribution in [0, 0.1) is 0 Å². The van der Waals surface area contributed by atoms with Crippen LogP contribution >= 0.6 is 0 Å². The summed E-state index contributed by atoms with van der Waals surface area (Å²) in [5.74, 6) is 0.888. The van der Waals surface area contributed by atoms with Gasteiger partial charge in [0.05, 0.1) is 0 Å². The number of hydrogen-bond donors (Lipinski definition) is 1. The highest BCUT2D eigenvalue weighted by Gasteiger charge is 2.21. The van der Waals surface area contributed by atoms with Crippen LogP contribution in [0.3, 0.4) is 0 Å². The van der Waals surface area contributed by atoms with Crippen LogP contribution in [0.25, 0.3) is 0 Å². The van der Waals surface area contributed by atoms with Crippen molar-refractivity contribution in [1.82, 2.24) is 5.32 Å². The zero-order chi connectivity index (χ0) is 10.4. The average Bonchev–Trinajstić information content (AvgIpc) is 2.67. The minimum Gasteiger partial charge on any atom is -0.315 e. The van der Waals surface area contributed by atoms with E-state index in [-0.39, 0.29) is 0 Å². The van der Waals surface area contributed by atoms with Crippen molar-refractivity contribution in [3.8, 4) is 0 Å². The van der Waals surface area contributed by atoms with E-state index in [1.807, 2.05) is 0 Å². The van der Waals surface area contributed by atoms with Crippen molar-refractivity contribution in [2.75, 3.05) is 12.3 Å². The molecule has 0 aromatic rings. The van der Waals surface area contributed by atoms with Crippen LogP contribution in [-0.2, 0) is 10.8 Å². The summed E-state index contributed by atoms with van der Waals surface area (Å²) in [4.78, 5) is 0. The molecular weight excluding hydrogens is 194 g/mol. The highest BCUT2D eigenvalue weighted by molar-refractivity contribution is 7.85. The van der Waals surface area contributed by atoms with Gasteiger partial charge in [0.15, 0.2) is 0 Å². The Morgan fingerprint density at radius 1 is 1.43 bits per heavy atom. The van der Waals surface area contributed by atoms with Crippen LogP contribution < -0.4 is 5.32 Å². The van der Waals surface area contributed by atoms with Gasteiger partial charge in [0, 0.05) is 27.8 Å². The van der Waals surface area contributed by atoms with Gasteiger partial charge in [-0.05, 0) is 32.7 Å². The van der Waals surface area contributed by atoms with E-state index in [0.717, 1.165) is 18.7 Å². The third kappa shape index (κ3) is 4.09. The second kappa shape index (κ2) is 6.57. The summed E-state index contributed by atoms with van der Waals surface area (Å²) in [6.45, 7) is 5.30. The molecule has 0 heterocycles. The molecular formula is C11H23NOS. The number of rotatable bonds is 6. The molecule has 3 heteroatoms. The van der Waals surface area contributed by atoms with Crippen LogP contribution in [0.2, 0.25) is 0 Å². The molecule has 14 heavy (non-hydrogen) atoms. The van der Waals surface area contributed by atoms with Gasteiger partial charge < -0.3 is 5.32 Å². The molecule has 1 rings (SSSR count). The molecule has 2 atom stereocenters. The Morgan fingerprint density at radius 2 is 2.07 bits per heavy atom. The molecule has 0 saturated heterocycles. The Hall–Kier alpha value is 0.110. The zero-order valence-corrected chi connectivity index (χ0v) is 10.2. The lowest BCUT2D eigenvalue weighted by Crippen LogP contribution is -2.28. The molecule has 1 saturated carbocycles. The molecule has 0 spiro atoms. The largest absolute Gasteiger partial charge is 0.315 e. The van der Waals surface area contributed by atoms with Crippen LogP contribution in [0.4, 0.5) is 0 Å². The van der Waals surface area contributed by atoms with E-state index in [1.165, 1.54) is 25.7 Å².